The van der Waals surface area contributed by atoms with Crippen molar-refractivity contribution in [2.45, 2.75) is 0 Å². The predicted molar refractivity (Wildman–Crippen MR) is 150 cm³/mol. The number of rotatable bonds is 8. The molecule has 1 aliphatic rings. The number of benzene rings is 3. The standard InChI is InChI=1S/C30H32N4O4/c1-37-24-12-10-22(11-13-24)33-18-16-32(17-19-33)15-14-31-29(35)28-21-34(23-6-5-7-25(20-23)38-2)30(36)27-9-4-3-8-26(27)28/h3-13,20-21H,14-19H2,1-2H3,(H,31,35). The molecule has 0 bridgehead atoms. The van der Waals surface area contributed by atoms with E-state index in [9.17, 15) is 9.59 Å². The lowest BCUT2D eigenvalue weighted by molar-refractivity contribution is 0.0949. The summed E-state index contributed by atoms with van der Waals surface area (Å²) in [6.45, 7) is 4.98. The van der Waals surface area contributed by atoms with Crippen LogP contribution in [0.3, 0.4) is 0 Å². The second-order valence-electron chi connectivity index (χ2n) is 9.25. The Bertz CT molecular complexity index is 1470. The molecule has 1 fully saturated rings. The Balaban J connectivity index is 1.25. The van der Waals surface area contributed by atoms with Crippen molar-refractivity contribution in [3.05, 3.63) is 94.9 Å². The second kappa shape index (κ2) is 11.4. The highest BCUT2D eigenvalue weighted by Gasteiger charge is 2.19. The summed E-state index contributed by atoms with van der Waals surface area (Å²) in [5.41, 5.74) is 2.12. The van der Waals surface area contributed by atoms with Gasteiger partial charge in [0.1, 0.15) is 11.5 Å². The van der Waals surface area contributed by atoms with Crippen LogP contribution in [0.15, 0.2) is 83.8 Å². The lowest BCUT2D eigenvalue weighted by Gasteiger charge is -2.36. The van der Waals surface area contributed by atoms with Gasteiger partial charge in [-0.2, -0.15) is 0 Å². The van der Waals surface area contributed by atoms with Crippen molar-refractivity contribution < 1.29 is 14.3 Å². The third-order valence-electron chi connectivity index (χ3n) is 7.02. The number of methoxy groups -OCH3 is 2. The van der Waals surface area contributed by atoms with Crippen LogP contribution in [-0.2, 0) is 0 Å². The number of fused-ring (bicyclic) bond motifs is 1. The van der Waals surface area contributed by atoms with Crippen LogP contribution in [-0.4, -0.2) is 68.9 Å². The minimum Gasteiger partial charge on any atom is -0.497 e. The van der Waals surface area contributed by atoms with Crippen molar-refractivity contribution in [2.75, 3.05) is 58.4 Å². The highest BCUT2D eigenvalue weighted by Crippen LogP contribution is 2.22. The zero-order valence-electron chi connectivity index (χ0n) is 21.7. The topological polar surface area (TPSA) is 76.0 Å². The van der Waals surface area contributed by atoms with Crippen molar-refractivity contribution in [1.29, 1.82) is 0 Å². The molecule has 0 aliphatic carbocycles. The molecule has 196 valence electrons. The van der Waals surface area contributed by atoms with Gasteiger partial charge >= 0.3 is 0 Å². The van der Waals surface area contributed by atoms with E-state index in [0.29, 0.717) is 34.3 Å². The lowest BCUT2D eigenvalue weighted by atomic mass is 10.1. The average molecular weight is 513 g/mol. The van der Waals surface area contributed by atoms with E-state index in [1.54, 1.807) is 32.5 Å². The van der Waals surface area contributed by atoms with Gasteiger partial charge in [-0.05, 0) is 42.5 Å². The molecule has 1 saturated heterocycles. The number of hydrogen-bond donors (Lipinski definition) is 1. The lowest BCUT2D eigenvalue weighted by Crippen LogP contribution is -2.48. The molecule has 8 nitrogen and oxygen atoms in total. The fourth-order valence-corrected chi connectivity index (χ4v) is 4.87. The van der Waals surface area contributed by atoms with Gasteiger partial charge in [0.05, 0.1) is 25.5 Å². The van der Waals surface area contributed by atoms with Gasteiger partial charge in [-0.15, -0.1) is 0 Å². The van der Waals surface area contributed by atoms with Crippen molar-refractivity contribution in [1.82, 2.24) is 14.8 Å². The molecular weight excluding hydrogens is 480 g/mol. The van der Waals surface area contributed by atoms with Crippen LogP contribution in [0.5, 0.6) is 11.5 Å². The SMILES string of the molecule is COc1ccc(N2CCN(CCNC(=O)c3cn(-c4cccc(OC)c4)c(=O)c4ccccc34)CC2)cc1. The number of aromatic nitrogens is 1. The van der Waals surface area contributed by atoms with E-state index in [1.165, 1.54) is 10.3 Å². The summed E-state index contributed by atoms with van der Waals surface area (Å²) in [6, 6.07) is 22.6. The minimum absolute atomic E-state index is 0.180. The molecular formula is C30H32N4O4. The molecule has 0 atom stereocenters. The van der Waals surface area contributed by atoms with Crippen molar-refractivity contribution in [2.24, 2.45) is 0 Å². The molecule has 4 aromatic rings. The fourth-order valence-electron chi connectivity index (χ4n) is 4.87. The highest BCUT2D eigenvalue weighted by atomic mass is 16.5. The van der Waals surface area contributed by atoms with Gasteiger partial charge in [-0.1, -0.05) is 24.3 Å². The van der Waals surface area contributed by atoms with E-state index in [-0.39, 0.29) is 11.5 Å². The molecule has 1 N–H and O–H groups in total. The average Bonchev–Trinajstić information content (AvgIpc) is 2.98. The monoisotopic (exact) mass is 512 g/mol. The summed E-state index contributed by atoms with van der Waals surface area (Å²) in [5, 5.41) is 4.21. The Hall–Kier alpha value is -4.30. The molecule has 1 aromatic heterocycles. The summed E-state index contributed by atoms with van der Waals surface area (Å²) in [7, 11) is 3.26. The number of carbonyl (C=O) groups is 1. The van der Waals surface area contributed by atoms with E-state index < -0.39 is 0 Å². The Kier molecular flexibility index (Phi) is 7.60. The van der Waals surface area contributed by atoms with Crippen LogP contribution >= 0.6 is 0 Å². The summed E-state index contributed by atoms with van der Waals surface area (Å²) in [4.78, 5) is 31.3. The van der Waals surface area contributed by atoms with Crippen molar-refractivity contribution >= 4 is 22.4 Å². The maximum absolute atomic E-state index is 13.3. The zero-order chi connectivity index (χ0) is 26.5. The van der Waals surface area contributed by atoms with E-state index in [4.69, 9.17) is 9.47 Å². The third kappa shape index (κ3) is 5.35. The number of nitrogens with one attached hydrogen (secondary N) is 1. The van der Waals surface area contributed by atoms with Crippen LogP contribution in [0, 0.1) is 0 Å². The van der Waals surface area contributed by atoms with Crippen LogP contribution in [0.4, 0.5) is 5.69 Å². The fraction of sp³-hybridized carbons (Fsp3) is 0.267. The number of ether oxygens (including phenoxy) is 2. The Morgan fingerprint density at radius 1 is 0.816 bits per heavy atom. The zero-order valence-corrected chi connectivity index (χ0v) is 21.7. The van der Waals surface area contributed by atoms with Crippen LogP contribution in [0.25, 0.3) is 16.5 Å². The van der Waals surface area contributed by atoms with Gasteiger partial charge in [-0.3, -0.25) is 19.1 Å². The molecule has 0 spiro atoms. The first-order chi connectivity index (χ1) is 18.6. The van der Waals surface area contributed by atoms with Crippen LogP contribution < -0.4 is 25.2 Å². The molecule has 1 amide bonds. The second-order valence-corrected chi connectivity index (χ2v) is 9.25. The number of anilines is 1. The molecule has 0 radical (unpaired) electrons. The first kappa shape index (κ1) is 25.4. The maximum atomic E-state index is 13.3. The van der Waals surface area contributed by atoms with Gasteiger partial charge < -0.3 is 19.7 Å². The van der Waals surface area contributed by atoms with Crippen LogP contribution in [0.1, 0.15) is 10.4 Å². The van der Waals surface area contributed by atoms with Gasteiger partial charge in [-0.25, -0.2) is 0 Å². The third-order valence-corrected chi connectivity index (χ3v) is 7.02. The Morgan fingerprint density at radius 3 is 2.24 bits per heavy atom. The van der Waals surface area contributed by atoms with Gasteiger partial charge in [0, 0.05) is 68.0 Å². The number of amides is 1. The molecule has 0 unspecified atom stereocenters. The summed E-state index contributed by atoms with van der Waals surface area (Å²) in [6.07, 6.45) is 1.63. The summed E-state index contributed by atoms with van der Waals surface area (Å²) >= 11 is 0. The number of hydrogen-bond acceptors (Lipinski definition) is 6. The Labute approximate surface area is 222 Å². The van der Waals surface area contributed by atoms with Gasteiger partial charge in [0.2, 0.25) is 0 Å². The van der Waals surface area contributed by atoms with E-state index >= 15 is 0 Å². The number of pyridine rings is 1. The van der Waals surface area contributed by atoms with E-state index in [1.807, 2.05) is 48.5 Å². The number of nitrogens with zero attached hydrogens (tertiary/aromatic N) is 3. The quantitative estimate of drug-likeness (QED) is 0.389. The largest absolute Gasteiger partial charge is 0.497 e. The highest BCUT2D eigenvalue weighted by molar-refractivity contribution is 6.06. The number of carbonyl (C=O) groups excluding carboxylic acids is 1. The molecule has 5 rings (SSSR count). The minimum atomic E-state index is -0.199. The first-order valence-corrected chi connectivity index (χ1v) is 12.8. The van der Waals surface area contributed by atoms with Crippen molar-refractivity contribution in [3.8, 4) is 17.2 Å². The molecule has 8 heteroatoms. The summed E-state index contributed by atoms with van der Waals surface area (Å²) < 4.78 is 12.1. The summed E-state index contributed by atoms with van der Waals surface area (Å²) in [5.74, 6) is 1.30. The van der Waals surface area contributed by atoms with Gasteiger partial charge in [0.25, 0.3) is 11.5 Å². The van der Waals surface area contributed by atoms with E-state index in [0.717, 1.165) is 38.5 Å². The Morgan fingerprint density at radius 2 is 1.53 bits per heavy atom. The molecule has 38 heavy (non-hydrogen) atoms. The molecule has 1 aliphatic heterocycles. The van der Waals surface area contributed by atoms with E-state index in [2.05, 4.69) is 27.2 Å². The molecule has 3 aromatic carbocycles. The molecule has 0 saturated carbocycles. The van der Waals surface area contributed by atoms with Crippen LogP contribution in [0.2, 0.25) is 0 Å². The smallest absolute Gasteiger partial charge is 0.262 e. The first-order valence-electron chi connectivity index (χ1n) is 12.8. The normalized spacial score (nSPS) is 13.9. The maximum Gasteiger partial charge on any atom is 0.262 e. The van der Waals surface area contributed by atoms with Crippen molar-refractivity contribution in [3.63, 3.8) is 0 Å². The number of piperazine rings is 1. The predicted octanol–water partition coefficient (Wildman–Crippen LogP) is 3.56. The molecule has 2 heterocycles. The van der Waals surface area contributed by atoms with Gasteiger partial charge in [0.15, 0.2) is 0 Å².